The zero-order chi connectivity index (χ0) is 16.7. The Kier molecular flexibility index (Phi) is 3.79. The second-order valence-corrected chi connectivity index (χ2v) is 6.13. The molecule has 23 heavy (non-hydrogen) atoms. The van der Waals surface area contributed by atoms with Crippen molar-refractivity contribution in [3.8, 4) is 0 Å². The minimum atomic E-state index is -0.0543. The van der Waals surface area contributed by atoms with Crippen molar-refractivity contribution in [1.82, 2.24) is 24.0 Å². The van der Waals surface area contributed by atoms with Crippen LogP contribution < -0.4 is 5.56 Å². The third kappa shape index (κ3) is 2.67. The lowest BCUT2D eigenvalue weighted by Gasteiger charge is -2.19. The normalized spacial score (nSPS) is 14.9. The highest BCUT2D eigenvalue weighted by molar-refractivity contribution is 5.77. The van der Waals surface area contributed by atoms with Crippen molar-refractivity contribution in [2.45, 2.75) is 46.3 Å². The van der Waals surface area contributed by atoms with Crippen molar-refractivity contribution in [1.29, 1.82) is 0 Å². The molecular weight excluding hydrogens is 294 g/mol. The summed E-state index contributed by atoms with van der Waals surface area (Å²) in [5.74, 6) is 1.59. The first-order valence-corrected chi connectivity index (χ1v) is 7.71. The molecular formula is C16H21N5O2. The van der Waals surface area contributed by atoms with Gasteiger partial charge in [-0.1, -0.05) is 0 Å². The highest BCUT2D eigenvalue weighted by Gasteiger charge is 2.28. The minimum absolute atomic E-state index is 0.0308. The Balaban J connectivity index is 1.75. The van der Waals surface area contributed by atoms with Crippen LogP contribution in [0.5, 0.6) is 0 Å². The molecule has 0 unspecified atom stereocenters. The standard InChI is InChI=1S/C16H21N5O2/c1-10(21-6-5-17-11(21)2)7-15(22)20-8-13-14(9-20)18-12(3)19(4)16(13)23/h5-6,10H,7-9H2,1-4H3/t10-/m0/s1. The Bertz CT molecular complexity index is 820. The molecule has 0 bridgehead atoms. The van der Waals surface area contributed by atoms with Crippen LogP contribution in [0.1, 0.15) is 42.3 Å². The molecule has 7 heteroatoms. The van der Waals surface area contributed by atoms with Crippen LogP contribution in [0, 0.1) is 13.8 Å². The van der Waals surface area contributed by atoms with E-state index in [1.165, 1.54) is 4.57 Å². The number of imidazole rings is 1. The zero-order valence-corrected chi connectivity index (χ0v) is 13.9. The molecule has 3 heterocycles. The summed E-state index contributed by atoms with van der Waals surface area (Å²) in [7, 11) is 1.71. The van der Waals surface area contributed by atoms with Crippen molar-refractivity contribution in [3.63, 3.8) is 0 Å². The topological polar surface area (TPSA) is 73.0 Å². The molecule has 7 nitrogen and oxygen atoms in total. The number of amides is 1. The van der Waals surface area contributed by atoms with E-state index < -0.39 is 0 Å². The molecule has 0 aliphatic carbocycles. The second-order valence-electron chi connectivity index (χ2n) is 6.13. The monoisotopic (exact) mass is 315 g/mol. The summed E-state index contributed by atoms with van der Waals surface area (Å²) in [6, 6.07) is 0.0336. The van der Waals surface area contributed by atoms with Crippen LogP contribution in [0.15, 0.2) is 17.2 Å². The molecule has 0 fully saturated rings. The van der Waals surface area contributed by atoms with Crippen molar-refractivity contribution < 1.29 is 4.79 Å². The van der Waals surface area contributed by atoms with E-state index in [-0.39, 0.29) is 17.5 Å². The molecule has 0 radical (unpaired) electrons. The van der Waals surface area contributed by atoms with Crippen LogP contribution >= 0.6 is 0 Å². The molecule has 122 valence electrons. The smallest absolute Gasteiger partial charge is 0.258 e. The largest absolute Gasteiger partial charge is 0.332 e. The van der Waals surface area contributed by atoms with Gasteiger partial charge in [0.2, 0.25) is 5.91 Å². The van der Waals surface area contributed by atoms with Crippen LogP contribution in [-0.4, -0.2) is 29.9 Å². The first kappa shape index (κ1) is 15.5. The Hall–Kier alpha value is -2.44. The van der Waals surface area contributed by atoms with Gasteiger partial charge < -0.3 is 9.47 Å². The molecule has 1 aliphatic rings. The molecule has 0 aromatic carbocycles. The summed E-state index contributed by atoms with van der Waals surface area (Å²) in [5, 5.41) is 0. The Morgan fingerprint density at radius 3 is 2.70 bits per heavy atom. The highest BCUT2D eigenvalue weighted by atomic mass is 16.2. The predicted octanol–water partition coefficient (Wildman–Crippen LogP) is 1.09. The van der Waals surface area contributed by atoms with Crippen LogP contribution in [0.25, 0.3) is 0 Å². The minimum Gasteiger partial charge on any atom is -0.332 e. The molecule has 0 spiro atoms. The molecule has 2 aromatic rings. The van der Waals surface area contributed by atoms with E-state index in [1.807, 2.05) is 24.6 Å². The van der Waals surface area contributed by atoms with E-state index in [1.54, 1.807) is 25.1 Å². The van der Waals surface area contributed by atoms with Gasteiger partial charge in [0.25, 0.3) is 5.56 Å². The third-order valence-electron chi connectivity index (χ3n) is 4.54. The first-order chi connectivity index (χ1) is 10.9. The maximum atomic E-state index is 12.6. The van der Waals surface area contributed by atoms with Gasteiger partial charge in [0.15, 0.2) is 0 Å². The van der Waals surface area contributed by atoms with E-state index in [4.69, 9.17) is 0 Å². The van der Waals surface area contributed by atoms with Crippen LogP contribution in [0.4, 0.5) is 0 Å². The number of aryl methyl sites for hydroxylation is 2. The summed E-state index contributed by atoms with van der Waals surface area (Å²) < 4.78 is 3.52. The first-order valence-electron chi connectivity index (χ1n) is 7.71. The highest BCUT2D eigenvalue weighted by Crippen LogP contribution is 2.22. The number of aromatic nitrogens is 4. The van der Waals surface area contributed by atoms with Crippen molar-refractivity contribution in [2.75, 3.05) is 0 Å². The summed E-state index contributed by atoms with van der Waals surface area (Å²) in [4.78, 5) is 35.2. The average molecular weight is 315 g/mol. The van der Waals surface area contributed by atoms with Crippen molar-refractivity contribution in [3.05, 3.63) is 45.7 Å². The van der Waals surface area contributed by atoms with E-state index in [2.05, 4.69) is 9.97 Å². The van der Waals surface area contributed by atoms with Crippen molar-refractivity contribution in [2.24, 2.45) is 7.05 Å². The number of hydrogen-bond acceptors (Lipinski definition) is 4. The van der Waals surface area contributed by atoms with Gasteiger partial charge in [0.05, 0.1) is 24.3 Å². The fraction of sp³-hybridized carbons (Fsp3) is 0.500. The number of nitrogens with zero attached hydrogens (tertiary/aromatic N) is 5. The summed E-state index contributed by atoms with van der Waals surface area (Å²) in [6.07, 6.45) is 4.00. The summed E-state index contributed by atoms with van der Waals surface area (Å²) >= 11 is 0. The maximum Gasteiger partial charge on any atom is 0.258 e. The van der Waals surface area contributed by atoms with E-state index in [0.717, 1.165) is 11.5 Å². The Morgan fingerprint density at radius 1 is 1.30 bits per heavy atom. The Labute approximate surface area is 134 Å². The van der Waals surface area contributed by atoms with Gasteiger partial charge in [-0.3, -0.25) is 14.2 Å². The van der Waals surface area contributed by atoms with Gasteiger partial charge >= 0.3 is 0 Å². The maximum absolute atomic E-state index is 12.6. The third-order valence-corrected chi connectivity index (χ3v) is 4.54. The molecule has 0 N–H and O–H groups in total. The number of rotatable bonds is 3. The van der Waals surface area contributed by atoms with E-state index in [9.17, 15) is 9.59 Å². The summed E-state index contributed by atoms with van der Waals surface area (Å²) in [5.41, 5.74) is 1.31. The Morgan fingerprint density at radius 2 is 2.04 bits per heavy atom. The van der Waals surface area contributed by atoms with Gasteiger partial charge in [-0.05, 0) is 20.8 Å². The van der Waals surface area contributed by atoms with Crippen LogP contribution in [0.3, 0.4) is 0 Å². The van der Waals surface area contributed by atoms with E-state index in [0.29, 0.717) is 30.9 Å². The van der Waals surface area contributed by atoms with Crippen molar-refractivity contribution >= 4 is 5.91 Å². The molecule has 1 amide bonds. The van der Waals surface area contributed by atoms with Gasteiger partial charge in [-0.15, -0.1) is 0 Å². The number of hydrogen-bond donors (Lipinski definition) is 0. The number of carbonyl (C=O) groups excluding carboxylic acids is 1. The van der Waals surface area contributed by atoms with Crippen LogP contribution in [0.2, 0.25) is 0 Å². The SMILES string of the molecule is Cc1nccn1[C@@H](C)CC(=O)N1Cc2nc(C)n(C)c(=O)c2C1. The lowest BCUT2D eigenvalue weighted by Crippen LogP contribution is -2.29. The number of carbonyl (C=O) groups is 1. The quantitative estimate of drug-likeness (QED) is 0.850. The zero-order valence-electron chi connectivity index (χ0n) is 13.9. The predicted molar refractivity (Wildman–Crippen MR) is 84.8 cm³/mol. The molecule has 3 rings (SSSR count). The average Bonchev–Trinajstić information content (AvgIpc) is 3.11. The lowest BCUT2D eigenvalue weighted by atomic mass is 10.2. The molecule has 1 aliphatic heterocycles. The number of fused-ring (bicyclic) bond motifs is 1. The molecule has 0 saturated heterocycles. The second kappa shape index (κ2) is 5.64. The fourth-order valence-electron chi connectivity index (χ4n) is 3.04. The lowest BCUT2D eigenvalue weighted by molar-refractivity contribution is -0.132. The summed E-state index contributed by atoms with van der Waals surface area (Å²) in [6.45, 7) is 6.49. The van der Waals surface area contributed by atoms with Gasteiger partial charge in [0.1, 0.15) is 11.6 Å². The molecule has 0 saturated carbocycles. The molecule has 1 atom stereocenters. The molecule has 2 aromatic heterocycles. The van der Waals surface area contributed by atoms with Gasteiger partial charge in [0, 0.05) is 31.9 Å². The fourth-order valence-corrected chi connectivity index (χ4v) is 3.04. The van der Waals surface area contributed by atoms with Crippen LogP contribution in [-0.2, 0) is 24.9 Å². The van der Waals surface area contributed by atoms with E-state index >= 15 is 0 Å². The van der Waals surface area contributed by atoms with Gasteiger partial charge in [-0.2, -0.15) is 0 Å². The van der Waals surface area contributed by atoms with Gasteiger partial charge in [-0.25, -0.2) is 9.97 Å².